The van der Waals surface area contributed by atoms with Gasteiger partial charge in [0, 0.05) is 39.3 Å². The second-order valence-electron chi connectivity index (χ2n) is 20.9. The molecule has 9 aromatic carbocycles. The summed E-state index contributed by atoms with van der Waals surface area (Å²) in [4.78, 5) is 9.92. The maximum absolute atomic E-state index is 7.10. The lowest BCUT2D eigenvalue weighted by atomic mass is 9.85. The molecule has 0 amide bonds. The van der Waals surface area contributed by atoms with Crippen molar-refractivity contribution in [1.82, 2.24) is 9.97 Å². The standard InChI is InChI=1S/C66H55ClN2/c1-40-33-44(63-61-25-17-42-36-48(65(3,4)5)21-27-55(42)59(61)29-31-68-63)19-23-51(40)57-15-11-9-13-53(57)46-35-47(39-50(67)38-46)54-14-10-12-16-58(54)52-24-20-45(34-41(52)2)64-62-26-18-43-37-49(66(6,7)8)22-28-56(43)60(62)30-32-69-64/h9-39H,1-8H3. The van der Waals surface area contributed by atoms with Gasteiger partial charge in [-0.05, 0) is 166 Å². The van der Waals surface area contributed by atoms with E-state index in [4.69, 9.17) is 21.6 Å². The van der Waals surface area contributed by atoms with Crippen LogP contribution in [0.25, 0.3) is 110 Å². The summed E-state index contributed by atoms with van der Waals surface area (Å²) in [5.74, 6) is 0. The minimum absolute atomic E-state index is 0.0887. The van der Waals surface area contributed by atoms with Crippen molar-refractivity contribution >= 4 is 54.7 Å². The highest BCUT2D eigenvalue weighted by Gasteiger charge is 2.20. The van der Waals surface area contributed by atoms with Crippen molar-refractivity contribution in [3.8, 4) is 67.0 Å². The maximum Gasteiger partial charge on any atom is 0.0780 e. The number of aryl methyl sites for hydroxylation is 2. The van der Waals surface area contributed by atoms with Crippen molar-refractivity contribution in [2.75, 3.05) is 0 Å². The van der Waals surface area contributed by atoms with Gasteiger partial charge in [-0.2, -0.15) is 0 Å². The summed E-state index contributed by atoms with van der Waals surface area (Å²) in [5, 5.41) is 10.5. The van der Waals surface area contributed by atoms with E-state index >= 15 is 0 Å². The van der Waals surface area contributed by atoms with Crippen molar-refractivity contribution in [2.24, 2.45) is 0 Å². The van der Waals surface area contributed by atoms with Crippen molar-refractivity contribution in [1.29, 1.82) is 0 Å². The SMILES string of the molecule is Cc1cc(-c2nccc3c2ccc2cc(C(C)(C)C)ccc23)ccc1-c1ccccc1-c1cc(Cl)cc(-c2ccccc2-c2ccc(-c3nccc4c3ccc3cc(C(C)(C)C)ccc34)cc2C)c1. The van der Waals surface area contributed by atoms with Crippen LogP contribution in [0.4, 0.5) is 0 Å². The van der Waals surface area contributed by atoms with E-state index in [1.165, 1.54) is 65.7 Å². The molecule has 0 saturated carbocycles. The summed E-state index contributed by atoms with van der Waals surface area (Å²) in [7, 11) is 0. The molecular formula is C66H55ClN2. The fraction of sp³-hybridized carbons (Fsp3) is 0.152. The number of hydrogen-bond donors (Lipinski definition) is 0. The Labute approximate surface area is 411 Å². The lowest BCUT2D eigenvalue weighted by Gasteiger charge is -2.20. The van der Waals surface area contributed by atoms with Crippen molar-refractivity contribution in [2.45, 2.75) is 66.2 Å². The molecule has 0 aliphatic heterocycles. The second-order valence-corrected chi connectivity index (χ2v) is 21.3. The highest BCUT2D eigenvalue weighted by atomic mass is 35.5. The maximum atomic E-state index is 7.10. The van der Waals surface area contributed by atoms with Crippen molar-refractivity contribution < 1.29 is 0 Å². The monoisotopic (exact) mass is 910 g/mol. The third-order valence-electron chi connectivity index (χ3n) is 14.2. The first kappa shape index (κ1) is 44.1. The van der Waals surface area contributed by atoms with Crippen LogP contribution in [0.1, 0.15) is 63.8 Å². The van der Waals surface area contributed by atoms with E-state index in [1.807, 2.05) is 12.4 Å². The summed E-state index contributed by atoms with van der Waals surface area (Å²) in [6.45, 7) is 18.0. The Hall–Kier alpha value is -7.39. The quantitative estimate of drug-likeness (QED) is 0.155. The van der Waals surface area contributed by atoms with Crippen LogP contribution in [0, 0.1) is 13.8 Å². The van der Waals surface area contributed by atoms with Crippen LogP contribution in [0.15, 0.2) is 188 Å². The number of fused-ring (bicyclic) bond motifs is 6. The highest BCUT2D eigenvalue weighted by Crippen LogP contribution is 2.43. The summed E-state index contributed by atoms with van der Waals surface area (Å²) in [5.41, 5.74) is 18.5. The first-order valence-electron chi connectivity index (χ1n) is 24.1. The van der Waals surface area contributed by atoms with E-state index in [0.29, 0.717) is 5.02 Å². The molecule has 69 heavy (non-hydrogen) atoms. The Morgan fingerprint density at radius 3 is 1.14 bits per heavy atom. The predicted octanol–water partition coefficient (Wildman–Crippen LogP) is 19.0. The van der Waals surface area contributed by atoms with Gasteiger partial charge in [0.05, 0.1) is 11.4 Å². The third-order valence-corrected chi connectivity index (χ3v) is 14.4. The van der Waals surface area contributed by atoms with Crippen LogP contribution >= 0.6 is 11.6 Å². The van der Waals surface area contributed by atoms with Gasteiger partial charge in [-0.1, -0.05) is 187 Å². The fourth-order valence-corrected chi connectivity index (χ4v) is 10.7. The van der Waals surface area contributed by atoms with Crippen LogP contribution in [-0.4, -0.2) is 9.97 Å². The van der Waals surface area contributed by atoms with Crippen LogP contribution in [0.2, 0.25) is 5.02 Å². The molecule has 0 aliphatic carbocycles. The molecule has 0 N–H and O–H groups in total. The lowest BCUT2D eigenvalue weighted by Crippen LogP contribution is -2.10. The number of pyridine rings is 2. The second kappa shape index (κ2) is 17.0. The average Bonchev–Trinajstić information content (AvgIpc) is 3.34. The zero-order chi connectivity index (χ0) is 47.8. The molecule has 0 fully saturated rings. The van der Waals surface area contributed by atoms with Crippen LogP contribution in [0.3, 0.4) is 0 Å². The topological polar surface area (TPSA) is 25.8 Å². The molecule has 336 valence electrons. The third kappa shape index (κ3) is 8.07. The number of benzene rings is 9. The van der Waals surface area contributed by atoms with Crippen molar-refractivity contribution in [3.05, 3.63) is 216 Å². The van der Waals surface area contributed by atoms with Gasteiger partial charge < -0.3 is 0 Å². The lowest BCUT2D eigenvalue weighted by molar-refractivity contribution is 0.591. The minimum atomic E-state index is 0.0887. The smallest absolute Gasteiger partial charge is 0.0780 e. The van der Waals surface area contributed by atoms with E-state index in [9.17, 15) is 0 Å². The van der Waals surface area contributed by atoms with E-state index in [-0.39, 0.29) is 10.8 Å². The summed E-state index contributed by atoms with van der Waals surface area (Å²) in [6.07, 6.45) is 3.90. The first-order chi connectivity index (χ1) is 33.2. The molecule has 2 nitrogen and oxygen atoms in total. The summed E-state index contributed by atoms with van der Waals surface area (Å²) in [6, 6.07) is 64.4. The zero-order valence-electron chi connectivity index (χ0n) is 40.7. The van der Waals surface area contributed by atoms with Crippen molar-refractivity contribution in [3.63, 3.8) is 0 Å². The van der Waals surface area contributed by atoms with Crippen LogP contribution in [0.5, 0.6) is 0 Å². The number of aromatic nitrogens is 2. The molecule has 0 aliphatic rings. The predicted molar refractivity (Wildman–Crippen MR) is 297 cm³/mol. The van der Waals surface area contributed by atoms with E-state index in [1.54, 1.807) is 0 Å². The molecule has 3 heteroatoms. The average molecular weight is 912 g/mol. The molecule has 0 spiro atoms. The molecule has 0 radical (unpaired) electrons. The Kier molecular flexibility index (Phi) is 10.9. The molecule has 11 aromatic rings. The molecule has 0 bridgehead atoms. The Morgan fingerprint density at radius 2 is 0.739 bits per heavy atom. The molecular weight excluding hydrogens is 856 g/mol. The van der Waals surface area contributed by atoms with Crippen LogP contribution < -0.4 is 0 Å². The normalized spacial score (nSPS) is 12.1. The van der Waals surface area contributed by atoms with Crippen LogP contribution in [-0.2, 0) is 10.8 Å². The Morgan fingerprint density at radius 1 is 0.333 bits per heavy atom. The largest absolute Gasteiger partial charge is 0.256 e. The molecule has 2 heterocycles. The van der Waals surface area contributed by atoms with Gasteiger partial charge in [-0.25, -0.2) is 0 Å². The van der Waals surface area contributed by atoms with Gasteiger partial charge in [-0.15, -0.1) is 0 Å². The van der Waals surface area contributed by atoms with Gasteiger partial charge in [0.25, 0.3) is 0 Å². The van der Waals surface area contributed by atoms with E-state index < -0.39 is 0 Å². The first-order valence-corrected chi connectivity index (χ1v) is 24.4. The minimum Gasteiger partial charge on any atom is -0.256 e. The zero-order valence-corrected chi connectivity index (χ0v) is 41.4. The molecule has 0 unspecified atom stereocenters. The van der Waals surface area contributed by atoms with Gasteiger partial charge in [0.15, 0.2) is 0 Å². The summed E-state index contributed by atoms with van der Waals surface area (Å²) >= 11 is 7.10. The molecule has 0 saturated heterocycles. The summed E-state index contributed by atoms with van der Waals surface area (Å²) < 4.78 is 0. The van der Waals surface area contributed by atoms with Gasteiger partial charge in [0.1, 0.15) is 0 Å². The molecule has 2 aromatic heterocycles. The number of halogens is 1. The van der Waals surface area contributed by atoms with E-state index in [2.05, 4.69) is 231 Å². The Bertz CT molecular complexity index is 3600. The van der Waals surface area contributed by atoms with E-state index in [0.717, 1.165) is 66.7 Å². The Balaban J connectivity index is 0.930. The fourth-order valence-electron chi connectivity index (χ4n) is 10.5. The highest BCUT2D eigenvalue weighted by molar-refractivity contribution is 6.31. The number of rotatable bonds is 6. The molecule has 11 rings (SSSR count). The van der Waals surface area contributed by atoms with Gasteiger partial charge in [0.2, 0.25) is 0 Å². The number of hydrogen-bond acceptors (Lipinski definition) is 2. The number of nitrogens with zero attached hydrogens (tertiary/aromatic N) is 2. The van der Waals surface area contributed by atoms with Gasteiger partial charge >= 0.3 is 0 Å². The molecule has 0 atom stereocenters. The van der Waals surface area contributed by atoms with Gasteiger partial charge in [-0.3, -0.25) is 9.97 Å².